The SMILES string of the molecule is O=C(OC(=O)N1CCOCC1)C(O)Cc1ccccc1. The summed E-state index contributed by atoms with van der Waals surface area (Å²) in [6.45, 7) is 1.63. The van der Waals surface area contributed by atoms with Crippen LogP contribution in [-0.4, -0.2) is 54.5 Å². The van der Waals surface area contributed by atoms with Gasteiger partial charge < -0.3 is 19.5 Å². The third-order valence-electron chi connectivity index (χ3n) is 3.00. The first-order valence-corrected chi connectivity index (χ1v) is 6.47. The molecule has 20 heavy (non-hydrogen) atoms. The second kappa shape index (κ2) is 7.02. The molecule has 0 aromatic heterocycles. The fraction of sp³-hybridized carbons (Fsp3) is 0.429. The fourth-order valence-corrected chi connectivity index (χ4v) is 1.89. The Bertz CT molecular complexity index is 456. The van der Waals surface area contributed by atoms with Crippen LogP contribution in [0.4, 0.5) is 4.79 Å². The highest BCUT2D eigenvalue weighted by atomic mass is 16.6. The van der Waals surface area contributed by atoms with Crippen molar-refractivity contribution in [2.24, 2.45) is 0 Å². The zero-order valence-electron chi connectivity index (χ0n) is 11.0. The molecule has 2 rings (SSSR count). The summed E-state index contributed by atoms with van der Waals surface area (Å²) in [5, 5.41) is 9.75. The molecule has 6 heteroatoms. The summed E-state index contributed by atoms with van der Waals surface area (Å²) in [4.78, 5) is 24.7. The number of hydrogen-bond donors (Lipinski definition) is 1. The number of aliphatic hydroxyl groups is 1. The third-order valence-corrected chi connectivity index (χ3v) is 3.00. The molecule has 0 aliphatic carbocycles. The highest BCUT2D eigenvalue weighted by molar-refractivity contribution is 5.87. The van der Waals surface area contributed by atoms with Crippen molar-refractivity contribution in [3.05, 3.63) is 35.9 Å². The van der Waals surface area contributed by atoms with Crippen molar-refractivity contribution < 1.29 is 24.2 Å². The van der Waals surface area contributed by atoms with Crippen LogP contribution in [0.5, 0.6) is 0 Å². The molecule has 1 aromatic carbocycles. The Balaban J connectivity index is 1.82. The number of aliphatic hydroxyl groups excluding tert-OH is 1. The molecule has 1 amide bonds. The monoisotopic (exact) mass is 279 g/mol. The molecule has 1 atom stereocenters. The Morgan fingerprint density at radius 3 is 2.55 bits per heavy atom. The minimum atomic E-state index is -1.35. The van der Waals surface area contributed by atoms with Gasteiger partial charge in [0, 0.05) is 19.5 Å². The first kappa shape index (κ1) is 14.5. The molecule has 0 radical (unpaired) electrons. The van der Waals surface area contributed by atoms with E-state index >= 15 is 0 Å². The molecular weight excluding hydrogens is 262 g/mol. The normalized spacial score (nSPS) is 16.6. The zero-order chi connectivity index (χ0) is 14.4. The average Bonchev–Trinajstić information content (AvgIpc) is 2.49. The lowest BCUT2D eigenvalue weighted by atomic mass is 10.1. The van der Waals surface area contributed by atoms with Crippen LogP contribution in [0.3, 0.4) is 0 Å². The number of rotatable bonds is 3. The van der Waals surface area contributed by atoms with E-state index in [1.165, 1.54) is 4.90 Å². The van der Waals surface area contributed by atoms with Crippen molar-refractivity contribution in [2.45, 2.75) is 12.5 Å². The van der Waals surface area contributed by atoms with E-state index in [0.717, 1.165) is 5.56 Å². The molecule has 0 bridgehead atoms. The van der Waals surface area contributed by atoms with E-state index in [4.69, 9.17) is 4.74 Å². The zero-order valence-corrected chi connectivity index (χ0v) is 11.0. The van der Waals surface area contributed by atoms with Crippen molar-refractivity contribution in [3.8, 4) is 0 Å². The minimum absolute atomic E-state index is 0.121. The first-order chi connectivity index (χ1) is 9.66. The van der Waals surface area contributed by atoms with Gasteiger partial charge in [-0.15, -0.1) is 0 Å². The maximum absolute atomic E-state index is 11.7. The van der Waals surface area contributed by atoms with Crippen molar-refractivity contribution in [3.63, 3.8) is 0 Å². The van der Waals surface area contributed by atoms with E-state index in [9.17, 15) is 14.7 Å². The fourth-order valence-electron chi connectivity index (χ4n) is 1.89. The number of ether oxygens (including phenoxy) is 2. The van der Waals surface area contributed by atoms with Gasteiger partial charge in [-0.1, -0.05) is 30.3 Å². The highest BCUT2D eigenvalue weighted by Gasteiger charge is 2.25. The van der Waals surface area contributed by atoms with Gasteiger partial charge in [-0.05, 0) is 5.56 Å². The van der Waals surface area contributed by atoms with E-state index in [2.05, 4.69) is 4.74 Å². The average molecular weight is 279 g/mol. The Kier molecular flexibility index (Phi) is 5.09. The minimum Gasteiger partial charge on any atom is -0.381 e. The Hall–Kier alpha value is -1.92. The molecule has 1 aromatic rings. The number of carbonyl (C=O) groups is 2. The van der Waals surface area contributed by atoms with Gasteiger partial charge in [-0.2, -0.15) is 0 Å². The lowest BCUT2D eigenvalue weighted by Crippen LogP contribution is -2.43. The highest BCUT2D eigenvalue weighted by Crippen LogP contribution is 2.06. The van der Waals surface area contributed by atoms with Crippen LogP contribution < -0.4 is 0 Å². The van der Waals surface area contributed by atoms with E-state index < -0.39 is 18.2 Å². The quantitative estimate of drug-likeness (QED) is 0.647. The van der Waals surface area contributed by atoms with E-state index in [1.54, 1.807) is 12.1 Å². The number of hydrogen-bond acceptors (Lipinski definition) is 5. The van der Waals surface area contributed by atoms with Crippen molar-refractivity contribution >= 4 is 12.1 Å². The molecular formula is C14H17NO5. The molecule has 1 aliphatic heterocycles. The maximum atomic E-state index is 11.7. The molecule has 0 saturated carbocycles. The second-order valence-corrected chi connectivity index (χ2v) is 4.49. The summed E-state index contributed by atoms with van der Waals surface area (Å²) in [6, 6.07) is 9.05. The van der Waals surface area contributed by atoms with Gasteiger partial charge in [0.1, 0.15) is 0 Å². The number of morpholine rings is 1. The Morgan fingerprint density at radius 2 is 1.90 bits per heavy atom. The van der Waals surface area contributed by atoms with Crippen LogP contribution in [0.2, 0.25) is 0 Å². The van der Waals surface area contributed by atoms with Crippen LogP contribution in [-0.2, 0) is 20.7 Å². The molecule has 1 aliphatic rings. The smallest absolute Gasteiger partial charge is 0.381 e. The van der Waals surface area contributed by atoms with Crippen molar-refractivity contribution in [1.29, 1.82) is 0 Å². The molecule has 0 spiro atoms. The molecule has 108 valence electrons. The van der Waals surface area contributed by atoms with Crippen LogP contribution in [0.15, 0.2) is 30.3 Å². The van der Waals surface area contributed by atoms with Crippen LogP contribution in [0.25, 0.3) is 0 Å². The largest absolute Gasteiger partial charge is 0.417 e. The molecule has 1 saturated heterocycles. The van der Waals surface area contributed by atoms with E-state index in [1.807, 2.05) is 18.2 Å². The predicted molar refractivity (Wildman–Crippen MR) is 70.0 cm³/mol. The maximum Gasteiger partial charge on any atom is 0.417 e. The summed E-state index contributed by atoms with van der Waals surface area (Å²) in [5.41, 5.74) is 0.802. The molecule has 1 heterocycles. The molecule has 1 unspecified atom stereocenters. The topological polar surface area (TPSA) is 76.1 Å². The summed E-state index contributed by atoms with van der Waals surface area (Å²) >= 11 is 0. The second-order valence-electron chi connectivity index (χ2n) is 4.49. The number of benzene rings is 1. The van der Waals surface area contributed by atoms with Gasteiger partial charge in [0.15, 0.2) is 6.10 Å². The Morgan fingerprint density at radius 1 is 1.25 bits per heavy atom. The van der Waals surface area contributed by atoms with Gasteiger partial charge in [-0.25, -0.2) is 9.59 Å². The van der Waals surface area contributed by atoms with Gasteiger partial charge in [0.25, 0.3) is 0 Å². The number of esters is 1. The summed E-state index contributed by atoms with van der Waals surface area (Å²) < 4.78 is 9.76. The number of carbonyl (C=O) groups excluding carboxylic acids is 2. The summed E-state index contributed by atoms with van der Waals surface area (Å²) in [6.07, 6.45) is -1.96. The van der Waals surface area contributed by atoms with Crippen molar-refractivity contribution in [1.82, 2.24) is 4.90 Å². The molecule has 1 fully saturated rings. The Labute approximate surface area is 116 Å². The van der Waals surface area contributed by atoms with Crippen LogP contribution in [0.1, 0.15) is 5.56 Å². The standard InChI is InChI=1S/C14H17NO5/c16-12(10-11-4-2-1-3-5-11)13(17)20-14(18)15-6-8-19-9-7-15/h1-5,12,16H,6-10H2. The van der Waals surface area contributed by atoms with Crippen molar-refractivity contribution in [2.75, 3.05) is 26.3 Å². The number of amides is 1. The molecule has 6 nitrogen and oxygen atoms in total. The summed E-state index contributed by atoms with van der Waals surface area (Å²) in [5.74, 6) is -0.926. The lowest BCUT2D eigenvalue weighted by molar-refractivity contribution is -0.148. The third kappa shape index (κ3) is 4.04. The first-order valence-electron chi connectivity index (χ1n) is 6.47. The number of nitrogens with zero attached hydrogens (tertiary/aromatic N) is 1. The van der Waals surface area contributed by atoms with Gasteiger partial charge in [0.05, 0.1) is 13.2 Å². The lowest BCUT2D eigenvalue weighted by Gasteiger charge is -2.25. The summed E-state index contributed by atoms with van der Waals surface area (Å²) in [7, 11) is 0. The van der Waals surface area contributed by atoms with E-state index in [0.29, 0.717) is 26.3 Å². The van der Waals surface area contributed by atoms with Gasteiger partial charge in [0.2, 0.25) is 0 Å². The molecule has 1 N–H and O–H groups in total. The van der Waals surface area contributed by atoms with Gasteiger partial charge >= 0.3 is 12.1 Å². The van der Waals surface area contributed by atoms with Gasteiger partial charge in [-0.3, -0.25) is 0 Å². The van der Waals surface area contributed by atoms with E-state index in [-0.39, 0.29) is 6.42 Å². The van der Waals surface area contributed by atoms with Crippen LogP contribution >= 0.6 is 0 Å². The van der Waals surface area contributed by atoms with Crippen LogP contribution in [0, 0.1) is 0 Å². The predicted octanol–water partition coefficient (Wildman–Crippen LogP) is 0.585.